The zero-order valence-corrected chi connectivity index (χ0v) is 13.5. The molecule has 2 aromatic rings. The summed E-state index contributed by atoms with van der Waals surface area (Å²) < 4.78 is 45.3. The third-order valence-corrected chi connectivity index (χ3v) is 3.82. The smallest absolute Gasteiger partial charge is 0.454 e. The Morgan fingerprint density at radius 2 is 1.65 bits per heavy atom. The molecule has 26 heavy (non-hydrogen) atoms. The van der Waals surface area contributed by atoms with Crippen LogP contribution in [0.2, 0.25) is 0 Å². The maximum Gasteiger partial charge on any atom is 0.586 e. The monoisotopic (exact) mass is 364 g/mol. The predicted molar refractivity (Wildman–Crippen MR) is 86.9 cm³/mol. The third-order valence-electron chi connectivity index (χ3n) is 3.82. The lowest BCUT2D eigenvalue weighted by atomic mass is 10.2. The van der Waals surface area contributed by atoms with E-state index in [1.807, 2.05) is 0 Å². The van der Waals surface area contributed by atoms with Gasteiger partial charge in [0.15, 0.2) is 23.0 Å². The number of carbonyl (C=O) groups is 1. The summed E-state index contributed by atoms with van der Waals surface area (Å²) >= 11 is 0. The first-order chi connectivity index (χ1) is 12.4. The number of hydrogen-bond donors (Lipinski definition) is 2. The van der Waals surface area contributed by atoms with E-state index in [4.69, 9.17) is 9.47 Å². The summed E-state index contributed by atoms with van der Waals surface area (Å²) in [5, 5.41) is 5.67. The summed E-state index contributed by atoms with van der Waals surface area (Å²) in [6.07, 6.45) is -3.68. The molecule has 0 saturated heterocycles. The SMILES string of the molecule is CC(Nc1ccc2c(c1)OC(F)(F)O2)C(=O)Nc1ccc2c(c1)OCO2. The first-order valence-corrected chi connectivity index (χ1v) is 7.76. The van der Waals surface area contributed by atoms with Crippen LogP contribution in [0.1, 0.15) is 6.92 Å². The minimum atomic E-state index is -3.68. The minimum absolute atomic E-state index is 0.0574. The van der Waals surface area contributed by atoms with Crippen LogP contribution in [0.3, 0.4) is 0 Å². The van der Waals surface area contributed by atoms with Gasteiger partial charge in [0.25, 0.3) is 0 Å². The molecule has 4 rings (SSSR count). The highest BCUT2D eigenvalue weighted by molar-refractivity contribution is 5.96. The van der Waals surface area contributed by atoms with Crippen molar-refractivity contribution in [2.24, 2.45) is 0 Å². The van der Waals surface area contributed by atoms with E-state index in [1.165, 1.54) is 18.2 Å². The van der Waals surface area contributed by atoms with E-state index >= 15 is 0 Å². The van der Waals surface area contributed by atoms with Crippen molar-refractivity contribution in [2.45, 2.75) is 19.3 Å². The number of nitrogens with one attached hydrogen (secondary N) is 2. The second-order valence-electron chi connectivity index (χ2n) is 5.75. The Balaban J connectivity index is 1.40. The summed E-state index contributed by atoms with van der Waals surface area (Å²) in [6.45, 7) is 1.79. The lowest BCUT2D eigenvalue weighted by Crippen LogP contribution is -2.31. The van der Waals surface area contributed by atoms with Crippen LogP contribution in [0.25, 0.3) is 0 Å². The van der Waals surface area contributed by atoms with E-state index in [9.17, 15) is 13.6 Å². The molecule has 1 unspecified atom stereocenters. The highest BCUT2D eigenvalue weighted by atomic mass is 19.3. The molecular weight excluding hydrogens is 350 g/mol. The predicted octanol–water partition coefficient (Wildman–Crippen LogP) is 3.18. The number of hydrogen-bond acceptors (Lipinski definition) is 6. The molecule has 7 nitrogen and oxygen atoms in total. The average molecular weight is 364 g/mol. The summed E-state index contributed by atoms with van der Waals surface area (Å²) in [4.78, 5) is 12.3. The van der Waals surface area contributed by atoms with Crippen LogP contribution in [0.15, 0.2) is 36.4 Å². The van der Waals surface area contributed by atoms with Gasteiger partial charge in [0, 0.05) is 23.5 Å². The van der Waals surface area contributed by atoms with Crippen LogP contribution in [0.4, 0.5) is 20.2 Å². The number of ether oxygens (including phenoxy) is 4. The molecule has 0 aromatic heterocycles. The van der Waals surface area contributed by atoms with Gasteiger partial charge >= 0.3 is 6.29 Å². The van der Waals surface area contributed by atoms with Crippen molar-refractivity contribution in [3.05, 3.63) is 36.4 Å². The van der Waals surface area contributed by atoms with Gasteiger partial charge < -0.3 is 29.6 Å². The number of halogens is 2. The van der Waals surface area contributed by atoms with Crippen LogP contribution in [-0.2, 0) is 4.79 Å². The molecule has 1 amide bonds. The first kappa shape index (κ1) is 16.2. The fourth-order valence-corrected chi connectivity index (χ4v) is 2.58. The van der Waals surface area contributed by atoms with E-state index in [0.717, 1.165) is 0 Å². The Bertz CT molecular complexity index is 874. The Morgan fingerprint density at radius 1 is 1.00 bits per heavy atom. The zero-order valence-electron chi connectivity index (χ0n) is 13.5. The van der Waals surface area contributed by atoms with Crippen molar-refractivity contribution >= 4 is 17.3 Å². The van der Waals surface area contributed by atoms with Gasteiger partial charge in [-0.15, -0.1) is 8.78 Å². The molecule has 0 fully saturated rings. The van der Waals surface area contributed by atoms with Crippen molar-refractivity contribution in [3.8, 4) is 23.0 Å². The highest BCUT2D eigenvalue weighted by Crippen LogP contribution is 2.42. The van der Waals surface area contributed by atoms with E-state index in [0.29, 0.717) is 22.9 Å². The number of amides is 1. The van der Waals surface area contributed by atoms with Gasteiger partial charge in [-0.3, -0.25) is 4.79 Å². The van der Waals surface area contributed by atoms with Gasteiger partial charge in [-0.1, -0.05) is 0 Å². The average Bonchev–Trinajstić information content (AvgIpc) is 3.16. The molecule has 136 valence electrons. The molecule has 0 aliphatic carbocycles. The Labute approximate surface area is 146 Å². The normalized spacial score (nSPS) is 16.9. The van der Waals surface area contributed by atoms with Crippen LogP contribution in [-0.4, -0.2) is 25.0 Å². The van der Waals surface area contributed by atoms with Gasteiger partial charge in [-0.25, -0.2) is 0 Å². The van der Waals surface area contributed by atoms with Crippen LogP contribution in [0, 0.1) is 0 Å². The number of carbonyl (C=O) groups excluding carboxylic acids is 1. The van der Waals surface area contributed by atoms with Gasteiger partial charge in [0.05, 0.1) is 0 Å². The maximum atomic E-state index is 13.0. The molecule has 2 aliphatic heterocycles. The van der Waals surface area contributed by atoms with Crippen LogP contribution in [0.5, 0.6) is 23.0 Å². The topological polar surface area (TPSA) is 78.1 Å². The van der Waals surface area contributed by atoms with Crippen molar-refractivity contribution < 1.29 is 32.5 Å². The Kier molecular flexibility index (Phi) is 3.71. The van der Waals surface area contributed by atoms with Crippen molar-refractivity contribution in [1.82, 2.24) is 0 Å². The number of fused-ring (bicyclic) bond motifs is 2. The third kappa shape index (κ3) is 3.15. The molecule has 1 atom stereocenters. The maximum absolute atomic E-state index is 13.0. The Hall–Kier alpha value is -3.23. The molecule has 0 bridgehead atoms. The van der Waals surface area contributed by atoms with Crippen LogP contribution < -0.4 is 29.6 Å². The molecule has 2 heterocycles. The largest absolute Gasteiger partial charge is 0.586 e. The minimum Gasteiger partial charge on any atom is -0.454 e. The molecule has 2 aromatic carbocycles. The number of benzene rings is 2. The first-order valence-electron chi connectivity index (χ1n) is 7.76. The molecule has 0 radical (unpaired) electrons. The molecule has 9 heteroatoms. The number of rotatable bonds is 4. The molecule has 0 spiro atoms. The molecule has 0 saturated carbocycles. The van der Waals surface area contributed by atoms with Crippen LogP contribution >= 0.6 is 0 Å². The lowest BCUT2D eigenvalue weighted by Gasteiger charge is -2.15. The summed E-state index contributed by atoms with van der Waals surface area (Å²) in [5.41, 5.74) is 0.997. The Morgan fingerprint density at radius 3 is 2.50 bits per heavy atom. The second-order valence-corrected chi connectivity index (χ2v) is 5.75. The van der Waals surface area contributed by atoms with Crippen molar-refractivity contribution in [1.29, 1.82) is 0 Å². The van der Waals surface area contributed by atoms with Gasteiger partial charge in [0.1, 0.15) is 6.04 Å². The summed E-state index contributed by atoms with van der Waals surface area (Å²) in [5.74, 6) is 0.708. The van der Waals surface area contributed by atoms with Gasteiger partial charge in [-0.05, 0) is 31.2 Å². The fraction of sp³-hybridized carbons (Fsp3) is 0.235. The van der Waals surface area contributed by atoms with E-state index in [-0.39, 0.29) is 24.2 Å². The molecule has 2 aliphatic rings. The number of anilines is 2. The molecule has 2 N–H and O–H groups in total. The lowest BCUT2D eigenvalue weighted by molar-refractivity contribution is -0.286. The standard InChI is InChI=1S/C17H14F2N2O5/c1-9(16(22)21-11-2-4-12-14(6-11)24-8-23-12)20-10-3-5-13-15(7-10)26-17(18,19)25-13/h2-7,9,20H,8H2,1H3,(H,21,22). The highest BCUT2D eigenvalue weighted by Gasteiger charge is 2.43. The number of alkyl halides is 2. The van der Waals surface area contributed by atoms with E-state index in [1.54, 1.807) is 25.1 Å². The van der Waals surface area contributed by atoms with E-state index < -0.39 is 12.3 Å². The summed E-state index contributed by atoms with van der Waals surface area (Å²) in [6, 6.07) is 8.64. The van der Waals surface area contributed by atoms with Crippen molar-refractivity contribution in [3.63, 3.8) is 0 Å². The summed E-state index contributed by atoms with van der Waals surface area (Å²) in [7, 11) is 0. The second kappa shape index (κ2) is 5.94. The molecular formula is C17H14F2N2O5. The van der Waals surface area contributed by atoms with Gasteiger partial charge in [-0.2, -0.15) is 0 Å². The zero-order chi connectivity index (χ0) is 18.3. The quantitative estimate of drug-likeness (QED) is 0.868. The fourth-order valence-electron chi connectivity index (χ4n) is 2.58. The van der Waals surface area contributed by atoms with E-state index in [2.05, 4.69) is 20.1 Å². The van der Waals surface area contributed by atoms with Gasteiger partial charge in [0.2, 0.25) is 12.7 Å². The van der Waals surface area contributed by atoms with Crippen molar-refractivity contribution in [2.75, 3.05) is 17.4 Å².